The monoisotopic (exact) mass is 386 g/mol. The molecular weight excluding hydrogens is 360 g/mol. The fourth-order valence-corrected chi connectivity index (χ4v) is 4.18. The van der Waals surface area contributed by atoms with Gasteiger partial charge in [-0.1, -0.05) is 6.92 Å². The molecule has 2 rings (SSSR count). The molecule has 2 saturated heterocycles. The van der Waals surface area contributed by atoms with Crippen molar-refractivity contribution in [3.8, 4) is 0 Å². The Hall–Kier alpha value is -0.0500. The lowest BCUT2D eigenvalue weighted by molar-refractivity contribution is -0.337. The van der Waals surface area contributed by atoms with Gasteiger partial charge in [0.1, 0.15) is 54.3 Å². The standard InChI is InChI=1S/C14H26O10S/c1-2-25-13-10(20)11(21)14(22,6(4-16)24-13)12-9(19)8(18)7(17)5(3-15)23-12/h5-13,15-22H,2-4H2,1H3/t5-,6-,7+,8+,9-,10-,11-,12-,13+,14+/m1/s1. The number of thioether (sulfide) groups is 1. The largest absolute Gasteiger partial charge is 0.394 e. The van der Waals surface area contributed by atoms with E-state index in [0.29, 0.717) is 5.75 Å². The van der Waals surface area contributed by atoms with Crippen LogP contribution in [0.2, 0.25) is 0 Å². The van der Waals surface area contributed by atoms with E-state index in [9.17, 15) is 40.9 Å². The minimum absolute atomic E-state index is 0.533. The summed E-state index contributed by atoms with van der Waals surface area (Å²) < 4.78 is 10.8. The summed E-state index contributed by atoms with van der Waals surface area (Å²) in [7, 11) is 0. The Labute approximate surface area is 148 Å². The van der Waals surface area contributed by atoms with Crippen LogP contribution in [-0.4, -0.2) is 120 Å². The second-order valence-electron chi connectivity index (χ2n) is 6.20. The third-order valence-corrected chi connectivity index (χ3v) is 5.79. The molecule has 11 heteroatoms. The van der Waals surface area contributed by atoms with Crippen LogP contribution >= 0.6 is 11.8 Å². The van der Waals surface area contributed by atoms with Crippen molar-refractivity contribution < 1.29 is 50.3 Å². The molecule has 2 fully saturated rings. The van der Waals surface area contributed by atoms with Crippen LogP contribution in [0.5, 0.6) is 0 Å². The summed E-state index contributed by atoms with van der Waals surface area (Å²) in [5.41, 5.74) is -3.42. The highest BCUT2D eigenvalue weighted by atomic mass is 32.2. The molecule has 0 aromatic carbocycles. The van der Waals surface area contributed by atoms with Gasteiger partial charge in [0.25, 0.3) is 0 Å². The minimum Gasteiger partial charge on any atom is -0.394 e. The number of hydrogen-bond donors (Lipinski definition) is 8. The quantitative estimate of drug-likeness (QED) is 0.229. The molecule has 0 radical (unpaired) electrons. The van der Waals surface area contributed by atoms with Crippen LogP contribution in [0.4, 0.5) is 0 Å². The van der Waals surface area contributed by atoms with Gasteiger partial charge in [-0.25, -0.2) is 0 Å². The molecule has 0 amide bonds. The molecule has 0 spiro atoms. The molecular formula is C14H26O10S. The molecule has 25 heavy (non-hydrogen) atoms. The number of rotatable bonds is 5. The van der Waals surface area contributed by atoms with E-state index in [2.05, 4.69) is 0 Å². The molecule has 0 bridgehead atoms. The molecule has 0 aliphatic carbocycles. The van der Waals surface area contributed by atoms with E-state index in [1.807, 2.05) is 0 Å². The maximum Gasteiger partial charge on any atom is 0.150 e. The van der Waals surface area contributed by atoms with Crippen LogP contribution in [-0.2, 0) is 9.47 Å². The topological polar surface area (TPSA) is 180 Å². The van der Waals surface area contributed by atoms with Crippen LogP contribution in [0.25, 0.3) is 0 Å². The van der Waals surface area contributed by atoms with Crippen LogP contribution in [0.15, 0.2) is 0 Å². The van der Waals surface area contributed by atoms with E-state index in [1.54, 1.807) is 6.92 Å². The SMILES string of the molecule is CCS[C@@H]1O[C@H](CO)[C@@](O)([C@@H]2O[C@H](CO)[C@H](O)[C@H](O)[C@H]2O)[C@H](O)[C@H]1O. The molecule has 0 aromatic heterocycles. The molecule has 0 saturated carbocycles. The Bertz CT molecular complexity index is 436. The minimum atomic E-state index is -2.49. The van der Waals surface area contributed by atoms with Gasteiger partial charge in [-0.15, -0.1) is 11.8 Å². The summed E-state index contributed by atoms with van der Waals surface area (Å²) in [6, 6.07) is 0. The van der Waals surface area contributed by atoms with Gasteiger partial charge in [0.15, 0.2) is 5.60 Å². The summed E-state index contributed by atoms with van der Waals surface area (Å²) in [5.74, 6) is 0.533. The highest BCUT2D eigenvalue weighted by molar-refractivity contribution is 7.99. The zero-order valence-corrected chi connectivity index (χ0v) is 14.4. The molecule has 8 N–H and O–H groups in total. The van der Waals surface area contributed by atoms with Gasteiger partial charge in [0, 0.05) is 0 Å². The summed E-state index contributed by atoms with van der Waals surface area (Å²) in [5, 5.41) is 80.5. The Kier molecular flexibility index (Phi) is 7.07. The van der Waals surface area contributed by atoms with Gasteiger partial charge < -0.3 is 50.3 Å². The molecule has 0 aromatic rings. The summed E-state index contributed by atoms with van der Waals surface area (Å²) in [6.07, 6.45) is -13.3. The van der Waals surface area contributed by atoms with E-state index in [-0.39, 0.29) is 0 Å². The second kappa shape index (κ2) is 8.31. The fraction of sp³-hybridized carbons (Fsp3) is 1.00. The molecule has 2 heterocycles. The maximum atomic E-state index is 11.0. The van der Waals surface area contributed by atoms with Gasteiger partial charge >= 0.3 is 0 Å². The predicted octanol–water partition coefficient (Wildman–Crippen LogP) is -4.25. The predicted molar refractivity (Wildman–Crippen MR) is 84.6 cm³/mol. The third kappa shape index (κ3) is 3.56. The lowest BCUT2D eigenvalue weighted by Crippen LogP contribution is -2.76. The first kappa shape index (κ1) is 21.3. The van der Waals surface area contributed by atoms with Crippen molar-refractivity contribution in [2.75, 3.05) is 19.0 Å². The van der Waals surface area contributed by atoms with Crippen molar-refractivity contribution >= 4 is 11.8 Å². The molecule has 148 valence electrons. The first-order chi connectivity index (χ1) is 11.7. The second-order valence-corrected chi connectivity index (χ2v) is 7.58. The van der Waals surface area contributed by atoms with Gasteiger partial charge in [-0.2, -0.15) is 0 Å². The third-order valence-electron chi connectivity index (χ3n) is 4.74. The average Bonchev–Trinajstić information content (AvgIpc) is 2.60. The van der Waals surface area contributed by atoms with E-state index < -0.39 is 73.1 Å². The summed E-state index contributed by atoms with van der Waals surface area (Å²) >= 11 is 1.15. The molecule has 2 aliphatic rings. The summed E-state index contributed by atoms with van der Waals surface area (Å²) in [4.78, 5) is 0. The smallest absolute Gasteiger partial charge is 0.150 e. The van der Waals surface area contributed by atoms with Crippen molar-refractivity contribution in [2.24, 2.45) is 0 Å². The zero-order valence-electron chi connectivity index (χ0n) is 13.6. The highest BCUT2D eigenvalue weighted by Gasteiger charge is 2.63. The number of aliphatic hydroxyl groups excluding tert-OH is 7. The van der Waals surface area contributed by atoms with Crippen LogP contribution in [0.1, 0.15) is 6.92 Å². The lowest BCUT2D eigenvalue weighted by Gasteiger charge is -2.54. The molecule has 10 atom stereocenters. The fourth-order valence-electron chi connectivity index (χ4n) is 3.29. The van der Waals surface area contributed by atoms with Crippen molar-refractivity contribution in [3.05, 3.63) is 0 Å². The Morgan fingerprint density at radius 3 is 2.04 bits per heavy atom. The van der Waals surface area contributed by atoms with E-state index in [0.717, 1.165) is 11.8 Å². The van der Waals surface area contributed by atoms with Crippen LogP contribution in [0.3, 0.4) is 0 Å². The van der Waals surface area contributed by atoms with Crippen molar-refractivity contribution in [3.63, 3.8) is 0 Å². The average molecular weight is 386 g/mol. The number of ether oxygens (including phenoxy) is 2. The Morgan fingerprint density at radius 2 is 1.52 bits per heavy atom. The normalized spacial score (nSPS) is 51.5. The Balaban J connectivity index is 2.35. The molecule has 2 aliphatic heterocycles. The Morgan fingerprint density at radius 1 is 0.880 bits per heavy atom. The van der Waals surface area contributed by atoms with Crippen molar-refractivity contribution in [1.29, 1.82) is 0 Å². The van der Waals surface area contributed by atoms with Gasteiger partial charge in [0.05, 0.1) is 13.2 Å². The summed E-state index contributed by atoms with van der Waals surface area (Å²) in [6.45, 7) is 0.296. The van der Waals surface area contributed by atoms with Crippen molar-refractivity contribution in [1.82, 2.24) is 0 Å². The van der Waals surface area contributed by atoms with Gasteiger partial charge in [-0.05, 0) is 5.75 Å². The first-order valence-corrected chi connectivity index (χ1v) is 9.05. The van der Waals surface area contributed by atoms with Crippen LogP contribution < -0.4 is 0 Å². The molecule has 0 unspecified atom stereocenters. The van der Waals surface area contributed by atoms with Crippen LogP contribution in [0, 0.1) is 0 Å². The van der Waals surface area contributed by atoms with Gasteiger partial charge in [0.2, 0.25) is 0 Å². The lowest BCUT2D eigenvalue weighted by atomic mass is 9.75. The van der Waals surface area contributed by atoms with E-state index >= 15 is 0 Å². The van der Waals surface area contributed by atoms with E-state index in [4.69, 9.17) is 9.47 Å². The number of aliphatic hydroxyl groups is 8. The highest BCUT2D eigenvalue weighted by Crippen LogP contribution is 2.41. The maximum absolute atomic E-state index is 11.0. The zero-order chi connectivity index (χ0) is 18.9. The first-order valence-electron chi connectivity index (χ1n) is 8.00. The number of hydrogen-bond acceptors (Lipinski definition) is 11. The van der Waals surface area contributed by atoms with E-state index in [1.165, 1.54) is 0 Å². The van der Waals surface area contributed by atoms with Gasteiger partial charge in [-0.3, -0.25) is 0 Å². The molecule has 10 nitrogen and oxygen atoms in total. The van der Waals surface area contributed by atoms with Crippen molar-refractivity contribution in [2.45, 2.75) is 66.8 Å².